The van der Waals surface area contributed by atoms with Crippen molar-refractivity contribution in [3.05, 3.63) is 23.8 Å². The summed E-state index contributed by atoms with van der Waals surface area (Å²) in [6, 6.07) is 4.11. The van der Waals surface area contributed by atoms with Crippen molar-refractivity contribution >= 4 is 29.1 Å². The maximum absolute atomic E-state index is 11.8. The zero-order valence-electron chi connectivity index (χ0n) is 11.1. The number of carbonyl (C=O) groups is 3. The Morgan fingerprint density at radius 2 is 2.15 bits per heavy atom. The van der Waals surface area contributed by atoms with Gasteiger partial charge in [0.2, 0.25) is 17.7 Å². The van der Waals surface area contributed by atoms with Crippen molar-refractivity contribution in [2.45, 2.75) is 19.4 Å². The maximum Gasteiger partial charge on any atom is 0.249 e. The normalized spacial score (nSPS) is 18.9. The van der Waals surface area contributed by atoms with E-state index in [1.807, 2.05) is 6.92 Å². The van der Waals surface area contributed by atoms with Gasteiger partial charge < -0.3 is 16.4 Å². The lowest BCUT2D eigenvalue weighted by Crippen LogP contribution is -2.58. The first-order valence-corrected chi connectivity index (χ1v) is 6.23. The Bertz CT molecular complexity index is 585. The van der Waals surface area contributed by atoms with Gasteiger partial charge in [-0.15, -0.1) is 0 Å². The van der Waals surface area contributed by atoms with E-state index in [-0.39, 0.29) is 23.9 Å². The molecule has 1 atom stereocenters. The largest absolute Gasteiger partial charge is 0.397 e. The van der Waals surface area contributed by atoms with Crippen LogP contribution < -0.4 is 21.7 Å². The van der Waals surface area contributed by atoms with E-state index >= 15 is 0 Å². The average molecular weight is 276 g/mol. The first-order valence-electron chi connectivity index (χ1n) is 6.23. The molecule has 0 saturated carbocycles. The molecule has 0 aromatic heterocycles. The summed E-state index contributed by atoms with van der Waals surface area (Å²) in [4.78, 5) is 36.1. The molecule has 1 fully saturated rings. The Kier molecular flexibility index (Phi) is 3.60. The second-order valence-corrected chi connectivity index (χ2v) is 4.60. The Morgan fingerprint density at radius 1 is 1.45 bits per heavy atom. The molecule has 1 saturated heterocycles. The van der Waals surface area contributed by atoms with Gasteiger partial charge >= 0.3 is 0 Å². The van der Waals surface area contributed by atoms with E-state index in [0.29, 0.717) is 17.8 Å². The lowest BCUT2D eigenvalue weighted by molar-refractivity contribution is -0.132. The molecule has 0 radical (unpaired) electrons. The number of rotatable bonds is 3. The Hall–Kier alpha value is -2.57. The third-order valence-electron chi connectivity index (χ3n) is 3.26. The van der Waals surface area contributed by atoms with Crippen molar-refractivity contribution in [2.24, 2.45) is 5.73 Å². The van der Waals surface area contributed by atoms with Crippen LogP contribution in [0.15, 0.2) is 18.2 Å². The maximum atomic E-state index is 11.8. The number of nitrogens with one attached hydrogen (secondary N) is 1. The van der Waals surface area contributed by atoms with Crippen LogP contribution >= 0.6 is 0 Å². The standard InChI is InChI=1S/C13H16N4O3/c1-2-9-13(20)16-11(18)6-17(9)10-4-3-7(12(15)19)5-8(10)14/h3-5,9H,2,6,14H2,1H3,(H2,15,19)(H,16,18,20). The fourth-order valence-corrected chi connectivity index (χ4v) is 2.29. The molecule has 2 rings (SSSR count). The molecule has 0 aliphatic carbocycles. The molecule has 3 amide bonds. The van der Waals surface area contributed by atoms with Gasteiger partial charge in [0.25, 0.3) is 0 Å². The Balaban J connectivity index is 2.40. The van der Waals surface area contributed by atoms with Gasteiger partial charge in [0.1, 0.15) is 6.04 Å². The van der Waals surface area contributed by atoms with Gasteiger partial charge in [-0.2, -0.15) is 0 Å². The van der Waals surface area contributed by atoms with Crippen molar-refractivity contribution in [1.82, 2.24) is 5.32 Å². The van der Waals surface area contributed by atoms with Crippen molar-refractivity contribution in [3.63, 3.8) is 0 Å². The number of nitrogens with two attached hydrogens (primary N) is 2. The van der Waals surface area contributed by atoms with Crippen LogP contribution in [-0.2, 0) is 9.59 Å². The van der Waals surface area contributed by atoms with E-state index < -0.39 is 11.9 Å². The SMILES string of the molecule is CCC1C(=O)NC(=O)CN1c1ccc(C(N)=O)cc1N. The number of anilines is 2. The predicted molar refractivity (Wildman–Crippen MR) is 73.9 cm³/mol. The highest BCUT2D eigenvalue weighted by molar-refractivity contribution is 6.05. The predicted octanol–water partition coefficient (Wildman–Crippen LogP) is -0.391. The molecule has 5 N–H and O–H groups in total. The summed E-state index contributed by atoms with van der Waals surface area (Å²) in [5.41, 5.74) is 12.2. The second-order valence-electron chi connectivity index (χ2n) is 4.60. The Labute approximate surface area is 115 Å². The summed E-state index contributed by atoms with van der Waals surface area (Å²) >= 11 is 0. The first kappa shape index (κ1) is 13.9. The minimum Gasteiger partial charge on any atom is -0.397 e. The van der Waals surface area contributed by atoms with Crippen LogP contribution in [0.2, 0.25) is 0 Å². The number of imide groups is 1. The molecule has 1 aromatic rings. The van der Waals surface area contributed by atoms with E-state index in [1.54, 1.807) is 11.0 Å². The van der Waals surface area contributed by atoms with Crippen LogP contribution in [0, 0.1) is 0 Å². The van der Waals surface area contributed by atoms with E-state index in [1.165, 1.54) is 12.1 Å². The lowest BCUT2D eigenvalue weighted by Gasteiger charge is -2.35. The van der Waals surface area contributed by atoms with Gasteiger partial charge in [0, 0.05) is 5.56 Å². The van der Waals surface area contributed by atoms with Crippen molar-refractivity contribution in [1.29, 1.82) is 0 Å². The third kappa shape index (κ3) is 2.42. The number of hydrogen-bond acceptors (Lipinski definition) is 5. The van der Waals surface area contributed by atoms with Gasteiger partial charge in [-0.25, -0.2) is 0 Å². The van der Waals surface area contributed by atoms with Crippen LogP contribution in [-0.4, -0.2) is 30.3 Å². The highest BCUT2D eigenvalue weighted by Crippen LogP contribution is 2.28. The van der Waals surface area contributed by atoms with Crippen LogP contribution in [0.1, 0.15) is 23.7 Å². The monoisotopic (exact) mass is 276 g/mol. The lowest BCUT2D eigenvalue weighted by atomic mass is 10.1. The molecule has 20 heavy (non-hydrogen) atoms. The smallest absolute Gasteiger partial charge is 0.249 e. The molecule has 1 aliphatic rings. The van der Waals surface area contributed by atoms with E-state index in [9.17, 15) is 14.4 Å². The molecule has 1 aromatic carbocycles. The number of piperazine rings is 1. The van der Waals surface area contributed by atoms with Gasteiger partial charge in [0.05, 0.1) is 17.9 Å². The summed E-state index contributed by atoms with van der Waals surface area (Å²) < 4.78 is 0. The van der Waals surface area contributed by atoms with Gasteiger partial charge in [-0.05, 0) is 24.6 Å². The highest BCUT2D eigenvalue weighted by Gasteiger charge is 2.33. The molecule has 7 nitrogen and oxygen atoms in total. The van der Waals surface area contributed by atoms with Crippen molar-refractivity contribution in [2.75, 3.05) is 17.2 Å². The van der Waals surface area contributed by atoms with Crippen LogP contribution in [0.3, 0.4) is 0 Å². The molecular weight excluding hydrogens is 260 g/mol. The number of primary amides is 1. The molecule has 0 bridgehead atoms. The van der Waals surface area contributed by atoms with Crippen molar-refractivity contribution in [3.8, 4) is 0 Å². The quantitative estimate of drug-likeness (QED) is 0.513. The van der Waals surface area contributed by atoms with E-state index in [0.717, 1.165) is 0 Å². The minimum absolute atomic E-state index is 0.0460. The highest BCUT2D eigenvalue weighted by atomic mass is 16.2. The van der Waals surface area contributed by atoms with Crippen LogP contribution in [0.4, 0.5) is 11.4 Å². The molecule has 1 heterocycles. The van der Waals surface area contributed by atoms with E-state index in [2.05, 4.69) is 5.32 Å². The first-order chi connectivity index (χ1) is 9.43. The van der Waals surface area contributed by atoms with E-state index in [4.69, 9.17) is 11.5 Å². The zero-order valence-corrected chi connectivity index (χ0v) is 11.1. The minimum atomic E-state index is -0.581. The van der Waals surface area contributed by atoms with Gasteiger partial charge in [-0.3, -0.25) is 19.7 Å². The number of nitrogen functional groups attached to an aromatic ring is 1. The van der Waals surface area contributed by atoms with Crippen LogP contribution in [0.5, 0.6) is 0 Å². The third-order valence-corrected chi connectivity index (χ3v) is 3.26. The molecule has 0 spiro atoms. The summed E-state index contributed by atoms with van der Waals surface area (Å²) in [5.74, 6) is -1.30. The zero-order chi connectivity index (χ0) is 14.9. The molecule has 1 unspecified atom stereocenters. The summed E-state index contributed by atoms with van der Waals surface area (Å²) in [6.45, 7) is 1.89. The fraction of sp³-hybridized carbons (Fsp3) is 0.308. The molecule has 7 heteroatoms. The van der Waals surface area contributed by atoms with Gasteiger partial charge in [-0.1, -0.05) is 6.92 Å². The van der Waals surface area contributed by atoms with Crippen molar-refractivity contribution < 1.29 is 14.4 Å². The topological polar surface area (TPSA) is 119 Å². The number of amides is 3. The Morgan fingerprint density at radius 3 is 2.70 bits per heavy atom. The average Bonchev–Trinajstić information content (AvgIpc) is 2.37. The number of nitrogens with zero attached hydrogens (tertiary/aromatic N) is 1. The fourth-order valence-electron chi connectivity index (χ4n) is 2.29. The number of hydrogen-bond donors (Lipinski definition) is 3. The molecular formula is C13H16N4O3. The summed E-state index contributed by atoms with van der Waals surface area (Å²) in [5, 5.41) is 2.29. The van der Waals surface area contributed by atoms with Crippen LogP contribution in [0.25, 0.3) is 0 Å². The number of benzene rings is 1. The summed E-state index contributed by atoms with van der Waals surface area (Å²) in [7, 11) is 0. The molecule has 1 aliphatic heterocycles. The second kappa shape index (κ2) is 5.20. The summed E-state index contributed by atoms with van der Waals surface area (Å²) in [6.07, 6.45) is 0.538. The molecule has 106 valence electrons. The number of carbonyl (C=O) groups excluding carboxylic acids is 3. The van der Waals surface area contributed by atoms with Gasteiger partial charge in [0.15, 0.2) is 0 Å².